The lowest BCUT2D eigenvalue weighted by molar-refractivity contribution is -0.0586. The molecule has 1 aromatic rings. The van der Waals surface area contributed by atoms with E-state index >= 15 is 0 Å². The van der Waals surface area contributed by atoms with E-state index in [1.807, 2.05) is 37.9 Å². The van der Waals surface area contributed by atoms with E-state index in [1.54, 1.807) is 0 Å². The van der Waals surface area contributed by atoms with Gasteiger partial charge in [0.15, 0.2) is 0 Å². The van der Waals surface area contributed by atoms with Crippen LogP contribution >= 0.6 is 0 Å². The van der Waals surface area contributed by atoms with E-state index in [4.69, 9.17) is 4.74 Å². The maximum Gasteiger partial charge on any atom is 0.254 e. The molecule has 2 heterocycles. The van der Waals surface area contributed by atoms with Crippen molar-refractivity contribution < 1.29 is 9.53 Å². The van der Waals surface area contributed by atoms with E-state index in [-0.39, 0.29) is 24.0 Å². The molecule has 0 bridgehead atoms. The lowest BCUT2D eigenvalue weighted by Crippen LogP contribution is -2.48. The second-order valence-corrected chi connectivity index (χ2v) is 6.04. The van der Waals surface area contributed by atoms with Gasteiger partial charge in [-0.2, -0.15) is 0 Å². The van der Waals surface area contributed by atoms with Crippen molar-refractivity contribution in [2.24, 2.45) is 0 Å². The summed E-state index contributed by atoms with van der Waals surface area (Å²) < 4.78 is 5.69. The maximum atomic E-state index is 12.7. The molecule has 21 heavy (non-hydrogen) atoms. The summed E-state index contributed by atoms with van der Waals surface area (Å²) >= 11 is 0. The highest BCUT2D eigenvalue weighted by molar-refractivity contribution is 5.95. The van der Waals surface area contributed by atoms with E-state index in [0.29, 0.717) is 18.7 Å². The number of hydrogen-bond donors (Lipinski definition) is 1. The van der Waals surface area contributed by atoms with E-state index in [9.17, 15) is 4.79 Å². The van der Waals surface area contributed by atoms with Gasteiger partial charge in [0, 0.05) is 31.4 Å². The van der Waals surface area contributed by atoms with Gasteiger partial charge in [-0.05, 0) is 31.9 Å². The molecule has 2 unspecified atom stereocenters. The van der Waals surface area contributed by atoms with Gasteiger partial charge in [-0.3, -0.25) is 4.79 Å². The van der Waals surface area contributed by atoms with Crippen LogP contribution in [0.1, 0.15) is 49.7 Å². The molecule has 0 aromatic carbocycles. The van der Waals surface area contributed by atoms with Gasteiger partial charge in [-0.1, -0.05) is 13.8 Å². The molecule has 116 valence electrons. The van der Waals surface area contributed by atoms with Gasteiger partial charge in [-0.15, -0.1) is 0 Å². The Balaban J connectivity index is 2.27. The van der Waals surface area contributed by atoms with Crippen LogP contribution in [-0.4, -0.2) is 48.1 Å². The van der Waals surface area contributed by atoms with Crippen LogP contribution < -0.4 is 5.32 Å². The molecule has 5 heteroatoms. The average molecular weight is 291 g/mol. The molecule has 1 N–H and O–H groups in total. The average Bonchev–Trinajstić information content (AvgIpc) is 2.44. The lowest BCUT2D eigenvalue weighted by Gasteiger charge is -2.35. The highest BCUT2D eigenvalue weighted by atomic mass is 16.5. The number of nitrogens with zero attached hydrogens (tertiary/aromatic N) is 2. The molecule has 0 saturated carbocycles. The van der Waals surface area contributed by atoms with Crippen LogP contribution in [0.5, 0.6) is 0 Å². The SMILES string of the molecule is CNc1cc(C(=O)N2CC(C)OC(C)C2)cc(C(C)C)n1. The third-order valence-corrected chi connectivity index (χ3v) is 3.65. The fourth-order valence-corrected chi connectivity index (χ4v) is 2.63. The summed E-state index contributed by atoms with van der Waals surface area (Å²) in [6.07, 6.45) is 0.153. The van der Waals surface area contributed by atoms with E-state index in [0.717, 1.165) is 11.5 Å². The van der Waals surface area contributed by atoms with Gasteiger partial charge in [-0.25, -0.2) is 4.98 Å². The van der Waals surface area contributed by atoms with Gasteiger partial charge < -0.3 is 15.0 Å². The molecule has 0 aliphatic carbocycles. The standard InChI is InChI=1S/C16H25N3O2/c1-10(2)14-6-13(7-15(17-5)18-14)16(20)19-8-11(3)21-12(4)9-19/h6-7,10-12H,8-9H2,1-5H3,(H,17,18). The molecule has 1 fully saturated rings. The number of carbonyl (C=O) groups excluding carboxylic acids is 1. The first-order valence-electron chi connectivity index (χ1n) is 7.55. The van der Waals surface area contributed by atoms with Gasteiger partial charge in [0.1, 0.15) is 5.82 Å². The number of nitrogens with one attached hydrogen (secondary N) is 1. The first-order valence-corrected chi connectivity index (χ1v) is 7.55. The Kier molecular flexibility index (Phi) is 4.83. The summed E-state index contributed by atoms with van der Waals surface area (Å²) in [4.78, 5) is 19.1. The van der Waals surface area contributed by atoms with Gasteiger partial charge >= 0.3 is 0 Å². The van der Waals surface area contributed by atoms with Crippen LogP contribution in [0.3, 0.4) is 0 Å². The zero-order valence-electron chi connectivity index (χ0n) is 13.5. The number of morpholine rings is 1. The molecular formula is C16H25N3O2. The Bertz CT molecular complexity index is 506. The summed E-state index contributed by atoms with van der Waals surface area (Å²) in [5.74, 6) is 1.07. The Hall–Kier alpha value is -1.62. The molecule has 5 nitrogen and oxygen atoms in total. The Morgan fingerprint density at radius 3 is 2.48 bits per heavy atom. The maximum absolute atomic E-state index is 12.7. The molecule has 0 radical (unpaired) electrons. The van der Waals surface area contributed by atoms with Crippen LogP contribution in [0.4, 0.5) is 5.82 Å². The summed E-state index contributed by atoms with van der Waals surface area (Å²) in [6.45, 7) is 9.43. The summed E-state index contributed by atoms with van der Waals surface area (Å²) in [5.41, 5.74) is 1.62. The number of hydrogen-bond acceptors (Lipinski definition) is 4. The van der Waals surface area contributed by atoms with E-state index in [2.05, 4.69) is 24.1 Å². The Labute approximate surface area is 126 Å². The first kappa shape index (κ1) is 15.8. The molecule has 0 spiro atoms. The first-order chi connectivity index (χ1) is 9.90. The second-order valence-electron chi connectivity index (χ2n) is 6.04. The normalized spacial score (nSPS) is 22.5. The van der Waals surface area contributed by atoms with Crippen LogP contribution in [0.25, 0.3) is 0 Å². The van der Waals surface area contributed by atoms with Crippen molar-refractivity contribution in [2.45, 2.75) is 45.8 Å². The zero-order chi connectivity index (χ0) is 15.6. The third-order valence-electron chi connectivity index (χ3n) is 3.65. The number of aromatic nitrogens is 1. The van der Waals surface area contributed by atoms with Crippen molar-refractivity contribution in [3.8, 4) is 0 Å². The predicted octanol–water partition coefficient (Wildman–Crippen LogP) is 2.50. The summed E-state index contributed by atoms with van der Waals surface area (Å²) in [7, 11) is 1.82. The number of carbonyl (C=O) groups is 1. The summed E-state index contributed by atoms with van der Waals surface area (Å²) in [5, 5.41) is 3.03. The highest BCUT2D eigenvalue weighted by Crippen LogP contribution is 2.20. The van der Waals surface area contributed by atoms with E-state index in [1.165, 1.54) is 0 Å². The van der Waals surface area contributed by atoms with Crippen molar-refractivity contribution in [1.29, 1.82) is 0 Å². The Morgan fingerprint density at radius 2 is 1.95 bits per heavy atom. The molecular weight excluding hydrogens is 266 g/mol. The number of anilines is 1. The molecule has 1 amide bonds. The number of rotatable bonds is 3. The number of ether oxygens (including phenoxy) is 1. The third kappa shape index (κ3) is 3.73. The topological polar surface area (TPSA) is 54.5 Å². The molecule has 1 aliphatic rings. The predicted molar refractivity (Wildman–Crippen MR) is 83.8 cm³/mol. The molecule has 1 aliphatic heterocycles. The van der Waals surface area contributed by atoms with Gasteiger partial charge in [0.25, 0.3) is 5.91 Å². The van der Waals surface area contributed by atoms with Crippen molar-refractivity contribution in [3.05, 3.63) is 23.4 Å². The number of amides is 1. The van der Waals surface area contributed by atoms with Crippen molar-refractivity contribution in [1.82, 2.24) is 9.88 Å². The fourth-order valence-electron chi connectivity index (χ4n) is 2.63. The Morgan fingerprint density at radius 1 is 1.33 bits per heavy atom. The highest BCUT2D eigenvalue weighted by Gasteiger charge is 2.27. The lowest BCUT2D eigenvalue weighted by atomic mass is 10.1. The molecule has 2 rings (SSSR count). The van der Waals surface area contributed by atoms with Crippen molar-refractivity contribution >= 4 is 11.7 Å². The zero-order valence-corrected chi connectivity index (χ0v) is 13.5. The van der Waals surface area contributed by atoms with Crippen LogP contribution in [0.2, 0.25) is 0 Å². The quantitative estimate of drug-likeness (QED) is 0.929. The van der Waals surface area contributed by atoms with Crippen LogP contribution in [0.15, 0.2) is 12.1 Å². The van der Waals surface area contributed by atoms with Crippen LogP contribution in [-0.2, 0) is 4.74 Å². The van der Waals surface area contributed by atoms with Crippen molar-refractivity contribution in [3.63, 3.8) is 0 Å². The van der Waals surface area contributed by atoms with Gasteiger partial charge in [0.2, 0.25) is 0 Å². The van der Waals surface area contributed by atoms with Crippen LogP contribution in [0, 0.1) is 0 Å². The molecule has 1 saturated heterocycles. The minimum Gasteiger partial charge on any atom is -0.373 e. The minimum absolute atomic E-state index is 0.0535. The smallest absolute Gasteiger partial charge is 0.254 e. The monoisotopic (exact) mass is 291 g/mol. The largest absolute Gasteiger partial charge is 0.373 e. The van der Waals surface area contributed by atoms with Gasteiger partial charge in [0.05, 0.1) is 12.2 Å². The molecule has 2 atom stereocenters. The molecule has 1 aromatic heterocycles. The van der Waals surface area contributed by atoms with Crippen molar-refractivity contribution in [2.75, 3.05) is 25.5 Å². The fraction of sp³-hybridized carbons (Fsp3) is 0.625. The van der Waals surface area contributed by atoms with E-state index < -0.39 is 0 Å². The second kappa shape index (κ2) is 6.43. The summed E-state index contributed by atoms with van der Waals surface area (Å²) in [6, 6.07) is 3.72. The number of pyridine rings is 1. The minimum atomic E-state index is 0.0535.